The van der Waals surface area contributed by atoms with Crippen molar-refractivity contribution in [2.24, 2.45) is 17.8 Å². The molecular weight excluding hydrogens is 488 g/mol. The summed E-state index contributed by atoms with van der Waals surface area (Å²) in [5.41, 5.74) is 0. The zero-order valence-electron chi connectivity index (χ0n) is 24.9. The van der Waals surface area contributed by atoms with E-state index >= 15 is 0 Å². The molecule has 8 heteroatoms. The van der Waals surface area contributed by atoms with E-state index in [1.54, 1.807) is 0 Å². The van der Waals surface area contributed by atoms with Gasteiger partial charge in [-0.3, -0.25) is 9.59 Å². The van der Waals surface area contributed by atoms with Crippen LogP contribution in [0.2, 0.25) is 36.3 Å². The normalized spacial score (nSPS) is 27.0. The molecule has 0 aromatic rings. The number of carbonyl (C=O) groups excluding carboxylic acids is 1. The molecule has 0 bridgehead atoms. The van der Waals surface area contributed by atoms with E-state index in [2.05, 4.69) is 74.7 Å². The maximum Gasteiger partial charge on any atom is 0.309 e. The molecule has 1 unspecified atom stereocenters. The Morgan fingerprint density at radius 3 is 2.14 bits per heavy atom. The van der Waals surface area contributed by atoms with E-state index in [0.29, 0.717) is 19.3 Å². The Morgan fingerprint density at radius 1 is 1.06 bits per heavy atom. The van der Waals surface area contributed by atoms with Crippen LogP contribution in [0.1, 0.15) is 93.4 Å². The molecule has 0 aromatic heterocycles. The van der Waals surface area contributed by atoms with E-state index < -0.39 is 28.5 Å². The van der Waals surface area contributed by atoms with E-state index in [1.165, 1.54) is 0 Å². The molecular formula is C28H54O6Si2. The largest absolute Gasteiger partial charge is 0.481 e. The maximum absolute atomic E-state index is 12.8. The van der Waals surface area contributed by atoms with Gasteiger partial charge in [-0.05, 0) is 55.0 Å². The first-order valence-electron chi connectivity index (χ1n) is 14.1. The van der Waals surface area contributed by atoms with Crippen molar-refractivity contribution in [2.75, 3.05) is 0 Å². The second-order valence-electron chi connectivity index (χ2n) is 14.3. The summed E-state index contributed by atoms with van der Waals surface area (Å²) in [5.74, 6) is -1.58. The Hall–Kier alpha value is -0.706. The van der Waals surface area contributed by atoms with Crippen molar-refractivity contribution in [2.45, 2.75) is 148 Å². The summed E-state index contributed by atoms with van der Waals surface area (Å²) >= 11 is 0. The van der Waals surface area contributed by atoms with Gasteiger partial charge in [0, 0.05) is 12.3 Å². The fraction of sp³-hybridized carbons (Fsp3) is 0.929. The van der Waals surface area contributed by atoms with Crippen LogP contribution in [0.25, 0.3) is 0 Å². The maximum atomic E-state index is 12.8. The Morgan fingerprint density at radius 2 is 1.64 bits per heavy atom. The zero-order chi connectivity index (χ0) is 27.7. The minimum absolute atomic E-state index is 0.00277. The number of fused-ring (bicyclic) bond motifs is 1. The van der Waals surface area contributed by atoms with Crippen molar-refractivity contribution in [1.82, 2.24) is 0 Å². The number of hydrogen-bond donors (Lipinski definition) is 1. The van der Waals surface area contributed by atoms with Crippen LogP contribution in [0.4, 0.5) is 0 Å². The minimum Gasteiger partial charge on any atom is -0.481 e. The molecule has 6 atom stereocenters. The molecule has 0 spiro atoms. The van der Waals surface area contributed by atoms with Crippen LogP contribution in [-0.4, -0.2) is 52.0 Å². The topological polar surface area (TPSA) is 82.1 Å². The van der Waals surface area contributed by atoms with Gasteiger partial charge in [-0.2, -0.15) is 0 Å². The Labute approximate surface area is 222 Å². The molecule has 0 radical (unpaired) electrons. The van der Waals surface area contributed by atoms with E-state index in [1.807, 2.05) is 0 Å². The fourth-order valence-electron chi connectivity index (χ4n) is 5.17. The molecule has 2 rings (SSSR count). The van der Waals surface area contributed by atoms with Gasteiger partial charge in [-0.15, -0.1) is 0 Å². The molecule has 210 valence electrons. The van der Waals surface area contributed by atoms with E-state index in [4.69, 9.17) is 13.6 Å². The molecule has 0 aromatic carbocycles. The molecule has 1 aliphatic carbocycles. The Bertz CT molecular complexity index is 767. The first kappa shape index (κ1) is 31.5. The highest BCUT2D eigenvalue weighted by Gasteiger charge is 2.54. The summed E-state index contributed by atoms with van der Waals surface area (Å²) in [6.45, 7) is 24.3. The summed E-state index contributed by atoms with van der Waals surface area (Å²) in [7, 11) is -4.26. The smallest absolute Gasteiger partial charge is 0.309 e. The average Bonchev–Trinajstić information content (AvgIpc) is 3.18. The van der Waals surface area contributed by atoms with Crippen LogP contribution in [0, 0.1) is 17.8 Å². The van der Waals surface area contributed by atoms with Gasteiger partial charge >= 0.3 is 11.9 Å². The predicted molar refractivity (Wildman–Crippen MR) is 150 cm³/mol. The van der Waals surface area contributed by atoms with Gasteiger partial charge in [-0.25, -0.2) is 0 Å². The molecule has 6 nitrogen and oxygen atoms in total. The van der Waals surface area contributed by atoms with Crippen LogP contribution in [-0.2, 0) is 23.2 Å². The summed E-state index contributed by atoms with van der Waals surface area (Å²) in [6.07, 6.45) is 4.79. The number of aliphatic carboxylic acids is 1. The third kappa shape index (κ3) is 7.44. The van der Waals surface area contributed by atoms with Crippen molar-refractivity contribution in [3.8, 4) is 0 Å². The number of esters is 1. The first-order chi connectivity index (χ1) is 16.3. The van der Waals surface area contributed by atoms with Crippen LogP contribution >= 0.6 is 0 Å². The lowest BCUT2D eigenvalue weighted by Gasteiger charge is -2.42. The molecule has 2 aliphatic rings. The monoisotopic (exact) mass is 542 g/mol. The lowest BCUT2D eigenvalue weighted by molar-refractivity contribution is -0.147. The lowest BCUT2D eigenvalue weighted by atomic mass is 9.81. The second-order valence-corrected chi connectivity index (χ2v) is 23.8. The highest BCUT2D eigenvalue weighted by atomic mass is 28.4. The summed E-state index contributed by atoms with van der Waals surface area (Å²) in [5, 5.41) is 10.6. The summed E-state index contributed by atoms with van der Waals surface area (Å²) in [6, 6.07) is 0. The molecule has 1 aliphatic heterocycles. The SMILES string of the molecule is CCCCC[C@H](O[Si](C)(C)C(C)(C)C)C(C[C@H]1[C@H]2CC(=O)O[C@H]2C[C@H]1O[Si](C)(C)C(C)(C)C)C(=O)O. The van der Waals surface area contributed by atoms with Crippen molar-refractivity contribution in [1.29, 1.82) is 0 Å². The number of carbonyl (C=O) groups is 2. The number of unbranched alkanes of at least 4 members (excludes halogenated alkanes) is 2. The Balaban J connectivity index is 2.37. The molecule has 36 heavy (non-hydrogen) atoms. The van der Waals surface area contributed by atoms with Crippen molar-refractivity contribution < 1.29 is 28.3 Å². The number of carboxylic acids is 1. The average molecular weight is 543 g/mol. The van der Waals surface area contributed by atoms with Gasteiger partial charge < -0.3 is 18.7 Å². The Kier molecular flexibility index (Phi) is 10.1. The highest BCUT2D eigenvalue weighted by Crippen LogP contribution is 2.49. The molecule has 0 amide bonds. The van der Waals surface area contributed by atoms with Gasteiger partial charge in [0.2, 0.25) is 0 Å². The molecule has 1 N–H and O–H groups in total. The lowest BCUT2D eigenvalue weighted by Crippen LogP contribution is -2.48. The van der Waals surface area contributed by atoms with Gasteiger partial charge in [0.15, 0.2) is 16.6 Å². The fourth-order valence-corrected chi connectivity index (χ4v) is 7.95. The van der Waals surface area contributed by atoms with Gasteiger partial charge in [0.1, 0.15) is 6.10 Å². The molecule has 1 heterocycles. The molecule has 1 saturated carbocycles. The van der Waals surface area contributed by atoms with E-state index in [0.717, 1.165) is 25.7 Å². The van der Waals surface area contributed by atoms with Crippen LogP contribution in [0.15, 0.2) is 0 Å². The van der Waals surface area contributed by atoms with Crippen LogP contribution < -0.4 is 0 Å². The predicted octanol–water partition coefficient (Wildman–Crippen LogP) is 7.39. The second kappa shape index (κ2) is 11.6. The first-order valence-corrected chi connectivity index (χ1v) is 19.9. The van der Waals surface area contributed by atoms with Crippen molar-refractivity contribution in [3.63, 3.8) is 0 Å². The highest BCUT2D eigenvalue weighted by molar-refractivity contribution is 6.74. The van der Waals surface area contributed by atoms with Crippen LogP contribution in [0.5, 0.6) is 0 Å². The number of hydrogen-bond acceptors (Lipinski definition) is 5. The summed E-state index contributed by atoms with van der Waals surface area (Å²) in [4.78, 5) is 25.0. The summed E-state index contributed by atoms with van der Waals surface area (Å²) < 4.78 is 19.4. The standard InChI is InChI=1S/C28H54O6Si2/c1-12-13-14-15-22(33-35(8,9)27(2,3)4)21(26(30)31)16-19-20-17-25(29)32-23(20)18-24(19)34-36(10,11)28(5,6)7/h19-24H,12-18H2,1-11H3,(H,30,31)/t19-,20+,21?,22-,23-,24+/m0/s1. The number of rotatable bonds is 12. The minimum atomic E-state index is -2.18. The molecule has 1 saturated heterocycles. The third-order valence-electron chi connectivity index (χ3n) is 9.54. The van der Waals surface area contributed by atoms with Crippen molar-refractivity contribution in [3.05, 3.63) is 0 Å². The zero-order valence-corrected chi connectivity index (χ0v) is 26.9. The van der Waals surface area contributed by atoms with Crippen LogP contribution in [0.3, 0.4) is 0 Å². The van der Waals surface area contributed by atoms with Gasteiger partial charge in [0.05, 0.1) is 24.5 Å². The number of carboxylic acid groups (broad SMARTS) is 1. The quantitative estimate of drug-likeness (QED) is 0.157. The van der Waals surface area contributed by atoms with E-state index in [9.17, 15) is 14.7 Å². The van der Waals surface area contributed by atoms with Crippen molar-refractivity contribution >= 4 is 28.6 Å². The van der Waals surface area contributed by atoms with E-state index in [-0.39, 0.29) is 46.2 Å². The number of ether oxygens (including phenoxy) is 1. The van der Waals surface area contributed by atoms with Gasteiger partial charge in [-0.1, -0.05) is 67.7 Å². The molecule has 2 fully saturated rings. The van der Waals surface area contributed by atoms with Gasteiger partial charge in [0.25, 0.3) is 0 Å². The third-order valence-corrected chi connectivity index (χ3v) is 18.6.